The molecule has 36 heavy (non-hydrogen) atoms. The fourth-order valence-corrected chi connectivity index (χ4v) is 3.97. The molecule has 7 heteroatoms. The second kappa shape index (κ2) is 9.34. The van der Waals surface area contributed by atoms with Gasteiger partial charge in [-0.2, -0.15) is 4.98 Å². The Morgan fingerprint density at radius 1 is 0.861 bits per heavy atom. The summed E-state index contributed by atoms with van der Waals surface area (Å²) < 4.78 is 5.21. The van der Waals surface area contributed by atoms with Crippen molar-refractivity contribution >= 4 is 39.8 Å². The molecule has 0 spiro atoms. The lowest BCUT2D eigenvalue weighted by Crippen LogP contribution is -2.13. The zero-order chi connectivity index (χ0) is 25.3. The summed E-state index contributed by atoms with van der Waals surface area (Å²) in [7, 11) is 1.60. The maximum atomic E-state index is 13.2. The van der Waals surface area contributed by atoms with Gasteiger partial charge >= 0.3 is 0 Å². The third-order valence-electron chi connectivity index (χ3n) is 6.06. The Kier molecular flexibility index (Phi) is 6.06. The first-order chi connectivity index (χ1) is 17.3. The number of hydrogen-bond donors (Lipinski definition) is 1. The number of fused-ring (bicyclic) bond motifs is 2. The van der Waals surface area contributed by atoms with E-state index in [1.165, 1.54) is 5.56 Å². The van der Waals surface area contributed by atoms with Crippen molar-refractivity contribution in [3.8, 4) is 5.75 Å². The molecule has 0 saturated carbocycles. The number of rotatable bonds is 6. The minimum Gasteiger partial charge on any atom is -0.497 e. The molecule has 2 aromatic heterocycles. The smallest absolute Gasteiger partial charge is 0.230 e. The fraction of sp³-hybridized carbons (Fsp3) is 0.207. The van der Waals surface area contributed by atoms with Gasteiger partial charge in [0.25, 0.3) is 0 Å². The molecule has 0 saturated heterocycles. The lowest BCUT2D eigenvalue weighted by Gasteiger charge is -2.19. The number of H-pyrrole nitrogens is 1. The van der Waals surface area contributed by atoms with Gasteiger partial charge in [-0.15, -0.1) is 0 Å². The number of hydrogen-bond acceptors (Lipinski definition) is 6. The van der Waals surface area contributed by atoms with E-state index >= 15 is 0 Å². The molecular formula is C29H27N5O2. The van der Waals surface area contributed by atoms with Gasteiger partial charge in [0.15, 0.2) is 17.1 Å². The van der Waals surface area contributed by atoms with E-state index < -0.39 is 0 Å². The number of ketones is 1. The van der Waals surface area contributed by atoms with Gasteiger partial charge in [-0.1, -0.05) is 57.2 Å². The molecule has 1 N–H and O–H groups in total. The molecular weight excluding hydrogens is 450 g/mol. The van der Waals surface area contributed by atoms with Crippen molar-refractivity contribution in [1.29, 1.82) is 0 Å². The van der Waals surface area contributed by atoms with E-state index in [9.17, 15) is 4.79 Å². The van der Waals surface area contributed by atoms with Gasteiger partial charge in [0.2, 0.25) is 5.95 Å². The number of aromatic nitrogens is 4. The Hall–Kier alpha value is -4.39. The maximum absolute atomic E-state index is 13.2. The Bertz CT molecular complexity index is 1520. The van der Waals surface area contributed by atoms with Crippen LogP contribution in [0.5, 0.6) is 5.75 Å². The highest BCUT2D eigenvalue weighted by Gasteiger charge is 2.17. The highest BCUT2D eigenvalue weighted by Crippen LogP contribution is 2.24. The first-order valence-corrected chi connectivity index (χ1v) is 11.8. The van der Waals surface area contributed by atoms with Crippen LogP contribution < -0.4 is 4.74 Å². The van der Waals surface area contributed by atoms with Crippen molar-refractivity contribution in [2.75, 3.05) is 7.11 Å². The van der Waals surface area contributed by atoms with Crippen LogP contribution >= 0.6 is 0 Å². The lowest BCUT2D eigenvalue weighted by atomic mass is 9.86. The molecule has 0 aliphatic heterocycles. The third-order valence-corrected chi connectivity index (χ3v) is 6.06. The number of methoxy groups -OCH3 is 1. The van der Waals surface area contributed by atoms with E-state index in [1.807, 2.05) is 36.4 Å². The number of carbonyl (C=O) groups excluding carboxylic acids is 1. The van der Waals surface area contributed by atoms with Gasteiger partial charge in [-0.25, -0.2) is 15.0 Å². The summed E-state index contributed by atoms with van der Waals surface area (Å²) in [6.45, 7) is 6.51. The van der Waals surface area contributed by atoms with Crippen LogP contribution in [0.1, 0.15) is 48.7 Å². The van der Waals surface area contributed by atoms with Crippen LogP contribution in [0.2, 0.25) is 0 Å². The Balaban J connectivity index is 1.54. The van der Waals surface area contributed by atoms with Crippen LogP contribution in [0.4, 0.5) is 5.95 Å². The predicted molar refractivity (Wildman–Crippen MR) is 142 cm³/mol. The van der Waals surface area contributed by atoms with E-state index in [0.717, 1.165) is 16.6 Å². The molecule has 2 heterocycles. The average Bonchev–Trinajstić information content (AvgIpc) is 3.27. The molecule has 0 aliphatic carbocycles. The number of aromatic amines is 1. The molecule has 0 bridgehead atoms. The highest BCUT2D eigenvalue weighted by molar-refractivity contribution is 6.16. The number of ether oxygens (including phenoxy) is 1. The molecule has 0 atom stereocenters. The van der Waals surface area contributed by atoms with E-state index in [4.69, 9.17) is 9.73 Å². The average molecular weight is 478 g/mol. The Morgan fingerprint density at radius 3 is 2.14 bits per heavy atom. The quantitative estimate of drug-likeness (QED) is 0.232. The van der Waals surface area contributed by atoms with Crippen molar-refractivity contribution < 1.29 is 9.53 Å². The van der Waals surface area contributed by atoms with Crippen LogP contribution in [0.15, 0.2) is 77.8 Å². The number of nitrogens with zero attached hydrogens (tertiary/aromatic N) is 4. The second-order valence-corrected chi connectivity index (χ2v) is 9.66. The van der Waals surface area contributed by atoms with Gasteiger partial charge in [0.05, 0.1) is 30.3 Å². The van der Waals surface area contributed by atoms with E-state index in [1.54, 1.807) is 31.4 Å². The van der Waals surface area contributed by atoms with E-state index in [0.29, 0.717) is 34.3 Å². The molecule has 5 rings (SSSR count). The summed E-state index contributed by atoms with van der Waals surface area (Å²) in [5.74, 6) is 1.01. The van der Waals surface area contributed by atoms with Crippen LogP contribution in [0.25, 0.3) is 22.3 Å². The SMILES string of the molecule is COc1ccc(C(=O)CC(=Nc2nc3nc4ccccc4nc3[nH]2)c2ccc(C(C)(C)C)cc2)cc1. The number of benzene rings is 3. The monoisotopic (exact) mass is 477 g/mol. The topological polar surface area (TPSA) is 93.1 Å². The number of imidazole rings is 1. The zero-order valence-electron chi connectivity index (χ0n) is 20.7. The van der Waals surface area contributed by atoms with Crippen molar-refractivity contribution in [2.24, 2.45) is 4.99 Å². The minimum absolute atomic E-state index is 0.0207. The molecule has 0 aliphatic rings. The number of Topliss-reactive ketones (excluding diaryl/α,β-unsaturated/α-hetero) is 1. The number of para-hydroxylation sites is 2. The van der Waals surface area contributed by atoms with E-state index in [-0.39, 0.29) is 17.6 Å². The molecule has 3 aromatic carbocycles. The van der Waals surface area contributed by atoms with Crippen LogP contribution in [0.3, 0.4) is 0 Å². The summed E-state index contributed by atoms with van der Waals surface area (Å²) >= 11 is 0. The van der Waals surface area contributed by atoms with Gasteiger partial charge < -0.3 is 9.72 Å². The summed E-state index contributed by atoms with van der Waals surface area (Å²) in [4.78, 5) is 34.9. The molecule has 180 valence electrons. The van der Waals surface area contributed by atoms with Crippen LogP contribution in [-0.2, 0) is 5.41 Å². The normalized spacial score (nSPS) is 12.3. The minimum atomic E-state index is -0.0469. The first kappa shape index (κ1) is 23.4. The molecule has 0 fully saturated rings. The summed E-state index contributed by atoms with van der Waals surface area (Å²) in [5.41, 5.74) is 5.86. The zero-order valence-corrected chi connectivity index (χ0v) is 20.7. The number of aliphatic imine (C=N–C) groups is 1. The molecule has 0 radical (unpaired) electrons. The molecule has 7 nitrogen and oxygen atoms in total. The Labute approximate surface area is 209 Å². The second-order valence-electron chi connectivity index (χ2n) is 9.66. The summed E-state index contributed by atoms with van der Waals surface area (Å²) in [6, 6.07) is 22.9. The van der Waals surface area contributed by atoms with E-state index in [2.05, 4.69) is 52.8 Å². The molecule has 0 unspecified atom stereocenters. The van der Waals surface area contributed by atoms with Crippen LogP contribution in [0, 0.1) is 0 Å². The Morgan fingerprint density at radius 2 is 1.50 bits per heavy atom. The van der Waals surface area contributed by atoms with Gasteiger partial charge in [-0.3, -0.25) is 4.79 Å². The maximum Gasteiger partial charge on any atom is 0.230 e. The van der Waals surface area contributed by atoms with Gasteiger partial charge in [-0.05, 0) is 52.9 Å². The standard InChI is InChI=1S/C29H27N5O2/c1-29(2,3)20-13-9-18(10-14-20)24(17-25(35)19-11-15-21(36-4)16-12-19)32-28-33-26-27(34-28)31-23-8-6-5-7-22(23)30-26/h5-16H,17H2,1-4H3,(H,30,31,33,34). The van der Waals surface area contributed by atoms with Crippen LogP contribution in [-0.4, -0.2) is 38.5 Å². The van der Waals surface area contributed by atoms with Crippen molar-refractivity contribution in [3.63, 3.8) is 0 Å². The highest BCUT2D eigenvalue weighted by atomic mass is 16.5. The van der Waals surface area contributed by atoms with Crippen molar-refractivity contribution in [3.05, 3.63) is 89.5 Å². The number of nitrogens with one attached hydrogen (secondary N) is 1. The molecule has 0 amide bonds. The van der Waals surface area contributed by atoms with Crippen molar-refractivity contribution in [1.82, 2.24) is 19.9 Å². The first-order valence-electron chi connectivity index (χ1n) is 11.8. The summed E-state index contributed by atoms with van der Waals surface area (Å²) in [6.07, 6.45) is 0.112. The largest absolute Gasteiger partial charge is 0.497 e. The number of carbonyl (C=O) groups is 1. The fourth-order valence-electron chi connectivity index (χ4n) is 3.97. The molecule has 5 aromatic rings. The van der Waals surface area contributed by atoms with Gasteiger partial charge in [0, 0.05) is 5.56 Å². The van der Waals surface area contributed by atoms with Gasteiger partial charge in [0.1, 0.15) is 5.75 Å². The predicted octanol–water partition coefficient (Wildman–Crippen LogP) is 6.21. The third kappa shape index (κ3) is 4.86. The lowest BCUT2D eigenvalue weighted by molar-refractivity contribution is 0.100. The van der Waals surface area contributed by atoms with Crippen molar-refractivity contribution in [2.45, 2.75) is 32.6 Å². The summed E-state index contributed by atoms with van der Waals surface area (Å²) in [5, 5.41) is 0.